The van der Waals surface area contributed by atoms with Gasteiger partial charge in [0.25, 0.3) is 0 Å². The van der Waals surface area contributed by atoms with Crippen molar-refractivity contribution in [1.82, 2.24) is 14.8 Å². The number of ether oxygens (including phenoxy) is 1. The number of hydrogen-bond acceptors (Lipinski definition) is 5. The molecule has 168 valence electrons. The second-order valence-electron chi connectivity index (χ2n) is 8.34. The summed E-state index contributed by atoms with van der Waals surface area (Å²) in [5, 5.41) is 8.59. The fourth-order valence-corrected chi connectivity index (χ4v) is 5.46. The number of benzene rings is 3. The Labute approximate surface area is 200 Å². The molecule has 1 atom stereocenters. The second-order valence-corrected chi connectivity index (χ2v) is 9.35. The molecule has 6 rings (SSSR count). The van der Waals surface area contributed by atoms with Crippen molar-refractivity contribution in [2.75, 3.05) is 5.32 Å². The number of para-hydroxylation sites is 2. The van der Waals surface area contributed by atoms with E-state index in [0.717, 1.165) is 43.5 Å². The van der Waals surface area contributed by atoms with Crippen molar-refractivity contribution in [2.45, 2.75) is 25.9 Å². The van der Waals surface area contributed by atoms with Crippen molar-refractivity contribution in [3.8, 4) is 10.9 Å². The first-order valence-electron chi connectivity index (χ1n) is 11.2. The fraction of sp³-hybridized carbons (Fsp3) is 0.148. The summed E-state index contributed by atoms with van der Waals surface area (Å²) < 4.78 is 9.08. The van der Waals surface area contributed by atoms with Gasteiger partial charge in [-0.1, -0.05) is 72.0 Å². The number of fused-ring (bicyclic) bond motifs is 2. The number of nitrogens with one attached hydrogen (secondary N) is 1. The highest BCUT2D eigenvalue weighted by Gasteiger charge is 2.34. The normalized spacial score (nSPS) is 15.2. The van der Waals surface area contributed by atoms with Crippen LogP contribution in [0.15, 0.2) is 78.9 Å². The minimum absolute atomic E-state index is 0.0439. The lowest BCUT2D eigenvalue weighted by atomic mass is 9.85. The van der Waals surface area contributed by atoms with E-state index in [1.807, 2.05) is 85.8 Å². The molecule has 5 aromatic rings. The highest BCUT2D eigenvalue weighted by molar-refractivity contribution is 7.20. The first-order chi connectivity index (χ1) is 16.7. The molecular weight excluding hydrogens is 444 g/mol. The van der Waals surface area contributed by atoms with Gasteiger partial charge < -0.3 is 10.1 Å². The number of hydrogen-bond donors (Lipinski definition) is 1. The van der Waals surface area contributed by atoms with Crippen LogP contribution in [-0.2, 0) is 11.4 Å². The molecular formula is C27H22N4O2S. The number of carbonyl (C=O) groups is 1. The lowest BCUT2D eigenvalue weighted by Gasteiger charge is -2.25. The van der Waals surface area contributed by atoms with Gasteiger partial charge in [0.15, 0.2) is 0 Å². The molecule has 0 fully saturated rings. The van der Waals surface area contributed by atoms with Crippen molar-refractivity contribution < 1.29 is 9.53 Å². The Morgan fingerprint density at radius 2 is 1.79 bits per heavy atom. The zero-order valence-corrected chi connectivity index (χ0v) is 19.4. The molecule has 0 unspecified atom stereocenters. The van der Waals surface area contributed by atoms with Gasteiger partial charge in [0.1, 0.15) is 18.2 Å². The Morgan fingerprint density at radius 1 is 1.03 bits per heavy atom. The van der Waals surface area contributed by atoms with E-state index in [1.54, 1.807) is 16.0 Å². The van der Waals surface area contributed by atoms with E-state index in [2.05, 4.69) is 5.32 Å². The van der Waals surface area contributed by atoms with Gasteiger partial charge in [-0.2, -0.15) is 9.78 Å². The maximum absolute atomic E-state index is 12.9. The molecule has 1 N–H and O–H groups in total. The standard InChI is InChI=1S/C27H22N4O2S/c1-17-25-20(19-11-5-7-13-22(19)33-16-18-9-3-2-4-10-18)15-24(32)29-26(25)31(30-17)27-28-21-12-6-8-14-23(21)34-27/h2-14,20H,15-16H2,1H3,(H,29,32)/t20-/m1/s1. The van der Waals surface area contributed by atoms with E-state index in [9.17, 15) is 4.79 Å². The van der Waals surface area contributed by atoms with E-state index in [1.165, 1.54) is 0 Å². The summed E-state index contributed by atoms with van der Waals surface area (Å²) in [5.41, 5.74) is 4.88. The predicted octanol–water partition coefficient (Wildman–Crippen LogP) is 5.84. The number of thiazole rings is 1. The Morgan fingerprint density at radius 3 is 2.65 bits per heavy atom. The smallest absolute Gasteiger partial charge is 0.226 e. The molecule has 7 heteroatoms. The molecule has 0 aliphatic carbocycles. The highest BCUT2D eigenvalue weighted by Crippen LogP contribution is 2.43. The van der Waals surface area contributed by atoms with Crippen molar-refractivity contribution in [3.05, 3.63) is 101 Å². The number of nitrogens with zero attached hydrogens (tertiary/aromatic N) is 3. The SMILES string of the molecule is Cc1nn(-c2nc3ccccc3s2)c2c1[C@@H](c1ccccc1OCc1ccccc1)CC(=O)N2. The van der Waals surface area contributed by atoms with E-state index in [0.29, 0.717) is 18.8 Å². The van der Waals surface area contributed by atoms with Crippen LogP contribution in [0.5, 0.6) is 5.75 Å². The number of aromatic nitrogens is 3. The van der Waals surface area contributed by atoms with Crippen LogP contribution < -0.4 is 10.1 Å². The summed E-state index contributed by atoms with van der Waals surface area (Å²) in [6, 6.07) is 26.0. The van der Waals surface area contributed by atoms with Gasteiger partial charge in [-0.15, -0.1) is 0 Å². The first-order valence-corrected chi connectivity index (χ1v) is 12.0. The Bertz CT molecular complexity index is 1470. The summed E-state index contributed by atoms with van der Waals surface area (Å²) >= 11 is 1.56. The monoisotopic (exact) mass is 466 g/mol. The molecule has 6 nitrogen and oxygen atoms in total. The van der Waals surface area contributed by atoms with E-state index in [4.69, 9.17) is 14.8 Å². The van der Waals surface area contributed by atoms with Crippen molar-refractivity contribution >= 4 is 33.3 Å². The number of aryl methyl sites for hydroxylation is 1. The molecule has 3 aromatic carbocycles. The third-order valence-corrected chi connectivity index (χ3v) is 7.11. The zero-order chi connectivity index (χ0) is 23.1. The molecule has 1 aliphatic rings. The number of rotatable bonds is 5. The summed E-state index contributed by atoms with van der Waals surface area (Å²) in [5.74, 6) is 1.27. The molecule has 2 aromatic heterocycles. The van der Waals surface area contributed by atoms with E-state index >= 15 is 0 Å². The lowest BCUT2D eigenvalue weighted by molar-refractivity contribution is -0.116. The Kier molecular flexibility index (Phi) is 5.11. The minimum Gasteiger partial charge on any atom is -0.489 e. The van der Waals surface area contributed by atoms with Crippen LogP contribution in [-0.4, -0.2) is 20.7 Å². The number of anilines is 1. The van der Waals surface area contributed by atoms with Crippen molar-refractivity contribution in [2.24, 2.45) is 0 Å². The van der Waals surface area contributed by atoms with Crippen LogP contribution in [0.4, 0.5) is 5.82 Å². The van der Waals surface area contributed by atoms with Crippen LogP contribution in [0, 0.1) is 6.92 Å². The average molecular weight is 467 g/mol. The molecule has 3 heterocycles. The Balaban J connectivity index is 1.41. The van der Waals surface area contributed by atoms with Gasteiger partial charge in [-0.05, 0) is 30.7 Å². The molecule has 1 aliphatic heterocycles. The van der Waals surface area contributed by atoms with Crippen LogP contribution in [0.3, 0.4) is 0 Å². The predicted molar refractivity (Wildman–Crippen MR) is 134 cm³/mol. The van der Waals surface area contributed by atoms with Gasteiger partial charge in [0.05, 0.1) is 15.9 Å². The summed E-state index contributed by atoms with van der Waals surface area (Å²) in [6.07, 6.45) is 0.338. The van der Waals surface area contributed by atoms with Crippen LogP contribution in [0.2, 0.25) is 0 Å². The quantitative estimate of drug-likeness (QED) is 0.353. The van der Waals surface area contributed by atoms with E-state index < -0.39 is 0 Å². The summed E-state index contributed by atoms with van der Waals surface area (Å²) in [7, 11) is 0. The third-order valence-electron chi connectivity index (χ3n) is 6.10. The second kappa shape index (κ2) is 8.43. The molecule has 0 spiro atoms. The molecule has 0 radical (unpaired) electrons. The Hall–Kier alpha value is -3.97. The lowest BCUT2D eigenvalue weighted by Crippen LogP contribution is -2.25. The maximum Gasteiger partial charge on any atom is 0.226 e. The first kappa shape index (κ1) is 20.6. The fourth-order valence-electron chi connectivity index (χ4n) is 4.54. The van der Waals surface area contributed by atoms with Crippen molar-refractivity contribution in [3.63, 3.8) is 0 Å². The van der Waals surface area contributed by atoms with Gasteiger partial charge in [-0.25, -0.2) is 4.98 Å². The molecule has 0 saturated heterocycles. The van der Waals surface area contributed by atoms with E-state index in [-0.39, 0.29) is 11.8 Å². The van der Waals surface area contributed by atoms with Crippen LogP contribution in [0.25, 0.3) is 15.3 Å². The van der Waals surface area contributed by atoms with Gasteiger partial charge in [-0.3, -0.25) is 4.79 Å². The average Bonchev–Trinajstić information content (AvgIpc) is 3.44. The summed E-state index contributed by atoms with van der Waals surface area (Å²) in [6.45, 7) is 2.45. The number of carbonyl (C=O) groups excluding carboxylic acids is 1. The van der Waals surface area contributed by atoms with Crippen molar-refractivity contribution in [1.29, 1.82) is 0 Å². The molecule has 0 saturated carbocycles. The van der Waals surface area contributed by atoms with Gasteiger partial charge in [0, 0.05) is 23.5 Å². The molecule has 0 bridgehead atoms. The highest BCUT2D eigenvalue weighted by atomic mass is 32.1. The van der Waals surface area contributed by atoms with Crippen LogP contribution >= 0.6 is 11.3 Å². The molecule has 1 amide bonds. The maximum atomic E-state index is 12.9. The summed E-state index contributed by atoms with van der Waals surface area (Å²) in [4.78, 5) is 17.6. The van der Waals surface area contributed by atoms with Gasteiger partial charge in [0.2, 0.25) is 11.0 Å². The van der Waals surface area contributed by atoms with Crippen LogP contribution in [0.1, 0.15) is 34.7 Å². The largest absolute Gasteiger partial charge is 0.489 e. The molecule has 34 heavy (non-hydrogen) atoms. The minimum atomic E-state index is -0.154. The third kappa shape index (κ3) is 3.64. The zero-order valence-electron chi connectivity index (χ0n) is 18.6. The number of amides is 1. The topological polar surface area (TPSA) is 69.0 Å². The van der Waals surface area contributed by atoms with Gasteiger partial charge >= 0.3 is 0 Å².